The molecular weight excluding hydrogens is 226 g/mol. The van der Waals surface area contributed by atoms with Crippen molar-refractivity contribution in [1.29, 1.82) is 0 Å². The van der Waals surface area contributed by atoms with E-state index in [1.165, 1.54) is 18.2 Å². The molecule has 0 amide bonds. The lowest BCUT2D eigenvalue weighted by Crippen LogP contribution is -2.16. The highest BCUT2D eigenvalue weighted by atomic mass is 16.5. The van der Waals surface area contributed by atoms with Crippen LogP contribution in [-0.4, -0.2) is 41.1 Å². The van der Waals surface area contributed by atoms with Gasteiger partial charge in [-0.05, 0) is 6.07 Å². The maximum atomic E-state index is 11.5. The summed E-state index contributed by atoms with van der Waals surface area (Å²) < 4.78 is 4.67. The first-order chi connectivity index (χ1) is 8.11. The van der Waals surface area contributed by atoms with Gasteiger partial charge in [-0.15, -0.1) is 0 Å². The molecule has 0 aliphatic rings. The van der Waals surface area contributed by atoms with E-state index in [4.69, 9.17) is 15.9 Å². The van der Waals surface area contributed by atoms with E-state index in [0.29, 0.717) is 0 Å². The van der Waals surface area contributed by atoms with Gasteiger partial charge in [-0.2, -0.15) is 0 Å². The number of esters is 1. The number of benzene rings is 1. The van der Waals surface area contributed by atoms with Crippen LogP contribution < -0.4 is 5.73 Å². The standard InChI is InChI=1S/C11H15NO5/c12-9(6-14)7-2-1-3-8(10(7)15)11(16)17-5-4-13/h1-3,9,13-15H,4-6,12H2/t9-/m0/s1. The monoisotopic (exact) mass is 241 g/mol. The number of ether oxygens (including phenoxy) is 1. The Balaban J connectivity index is 2.97. The van der Waals surface area contributed by atoms with Crippen LogP contribution in [0.4, 0.5) is 0 Å². The zero-order valence-electron chi connectivity index (χ0n) is 9.17. The van der Waals surface area contributed by atoms with Crippen LogP contribution in [0.1, 0.15) is 22.0 Å². The number of para-hydroxylation sites is 1. The molecule has 1 atom stereocenters. The lowest BCUT2D eigenvalue weighted by molar-refractivity contribution is 0.0430. The first kappa shape index (κ1) is 13.4. The third-order valence-corrected chi connectivity index (χ3v) is 2.21. The SMILES string of the molecule is N[C@@H](CO)c1cccc(C(=O)OCCO)c1O. The van der Waals surface area contributed by atoms with Crippen molar-refractivity contribution in [2.45, 2.75) is 6.04 Å². The third-order valence-electron chi connectivity index (χ3n) is 2.21. The van der Waals surface area contributed by atoms with Gasteiger partial charge in [0.05, 0.1) is 19.3 Å². The number of phenols is 1. The third kappa shape index (κ3) is 3.16. The Labute approximate surface area is 98.3 Å². The van der Waals surface area contributed by atoms with Crippen LogP contribution in [0.25, 0.3) is 0 Å². The van der Waals surface area contributed by atoms with Crippen LogP contribution in [0.2, 0.25) is 0 Å². The van der Waals surface area contributed by atoms with E-state index in [1.54, 1.807) is 0 Å². The molecule has 1 rings (SSSR count). The molecule has 6 nitrogen and oxygen atoms in total. The van der Waals surface area contributed by atoms with Crippen LogP contribution in [0.3, 0.4) is 0 Å². The summed E-state index contributed by atoms with van der Waals surface area (Å²) in [6.45, 7) is -0.778. The van der Waals surface area contributed by atoms with Crippen molar-refractivity contribution in [2.75, 3.05) is 19.8 Å². The first-order valence-corrected chi connectivity index (χ1v) is 5.08. The van der Waals surface area contributed by atoms with Crippen molar-refractivity contribution in [3.05, 3.63) is 29.3 Å². The Morgan fingerprint density at radius 2 is 2.12 bits per heavy atom. The van der Waals surface area contributed by atoms with Crippen LogP contribution in [0, 0.1) is 0 Å². The topological polar surface area (TPSA) is 113 Å². The molecule has 0 unspecified atom stereocenters. The number of nitrogens with two attached hydrogens (primary N) is 1. The van der Waals surface area contributed by atoms with Crippen molar-refractivity contribution in [3.8, 4) is 5.75 Å². The summed E-state index contributed by atoms with van der Waals surface area (Å²) in [7, 11) is 0. The Bertz CT molecular complexity index is 393. The van der Waals surface area contributed by atoms with E-state index in [0.717, 1.165) is 0 Å². The van der Waals surface area contributed by atoms with Crippen molar-refractivity contribution >= 4 is 5.97 Å². The minimum Gasteiger partial charge on any atom is -0.507 e. The molecule has 94 valence electrons. The maximum absolute atomic E-state index is 11.5. The van der Waals surface area contributed by atoms with Crippen molar-refractivity contribution in [1.82, 2.24) is 0 Å². The summed E-state index contributed by atoms with van der Waals surface area (Å²) in [4.78, 5) is 11.5. The lowest BCUT2D eigenvalue weighted by Gasteiger charge is -2.13. The van der Waals surface area contributed by atoms with Gasteiger partial charge in [-0.25, -0.2) is 4.79 Å². The number of aromatic hydroxyl groups is 1. The van der Waals surface area contributed by atoms with Crippen LogP contribution in [-0.2, 0) is 4.74 Å². The zero-order chi connectivity index (χ0) is 12.8. The molecule has 0 heterocycles. The largest absolute Gasteiger partial charge is 0.507 e. The number of carbonyl (C=O) groups excluding carboxylic acids is 1. The lowest BCUT2D eigenvalue weighted by atomic mass is 10.0. The minimum absolute atomic E-state index is 0.0418. The summed E-state index contributed by atoms with van der Waals surface area (Å²) in [5.74, 6) is -1.06. The summed E-state index contributed by atoms with van der Waals surface area (Å²) in [5, 5.41) is 27.2. The molecule has 0 radical (unpaired) electrons. The minimum atomic E-state index is -0.763. The number of hydrogen-bond donors (Lipinski definition) is 4. The highest BCUT2D eigenvalue weighted by Gasteiger charge is 2.18. The summed E-state index contributed by atoms with van der Waals surface area (Å²) in [5.41, 5.74) is 5.79. The van der Waals surface area contributed by atoms with Gasteiger partial charge in [0, 0.05) is 5.56 Å². The first-order valence-electron chi connectivity index (χ1n) is 5.08. The van der Waals surface area contributed by atoms with Crippen molar-refractivity contribution < 1.29 is 24.9 Å². The van der Waals surface area contributed by atoms with Gasteiger partial charge < -0.3 is 25.8 Å². The molecule has 0 fully saturated rings. The second-order valence-corrected chi connectivity index (χ2v) is 3.39. The Morgan fingerprint density at radius 1 is 1.41 bits per heavy atom. The van der Waals surface area contributed by atoms with E-state index >= 15 is 0 Å². The summed E-state index contributed by atoms with van der Waals surface area (Å²) in [6.07, 6.45) is 0. The number of hydrogen-bond acceptors (Lipinski definition) is 6. The zero-order valence-corrected chi connectivity index (χ0v) is 9.17. The van der Waals surface area contributed by atoms with Crippen LogP contribution >= 0.6 is 0 Å². The summed E-state index contributed by atoms with van der Waals surface area (Å²) in [6, 6.07) is 3.66. The van der Waals surface area contributed by atoms with Gasteiger partial charge in [0.15, 0.2) is 0 Å². The van der Waals surface area contributed by atoms with Gasteiger partial charge in [0.1, 0.15) is 17.9 Å². The van der Waals surface area contributed by atoms with Gasteiger partial charge in [0.25, 0.3) is 0 Å². The fraction of sp³-hybridized carbons (Fsp3) is 0.364. The van der Waals surface area contributed by atoms with Gasteiger partial charge in [-0.3, -0.25) is 0 Å². The molecule has 6 heteroatoms. The maximum Gasteiger partial charge on any atom is 0.342 e. The fourth-order valence-corrected chi connectivity index (χ4v) is 1.34. The number of aliphatic hydroxyl groups is 2. The fourth-order valence-electron chi connectivity index (χ4n) is 1.34. The van der Waals surface area contributed by atoms with Gasteiger partial charge in [-0.1, -0.05) is 12.1 Å². The average Bonchev–Trinajstić information content (AvgIpc) is 2.35. The van der Waals surface area contributed by atoms with Crippen molar-refractivity contribution in [3.63, 3.8) is 0 Å². The number of carbonyl (C=O) groups is 1. The average molecular weight is 241 g/mol. The Hall–Kier alpha value is -1.63. The van der Waals surface area contributed by atoms with Crippen molar-refractivity contribution in [2.24, 2.45) is 5.73 Å². The highest BCUT2D eigenvalue weighted by Crippen LogP contribution is 2.27. The molecule has 0 spiro atoms. The Morgan fingerprint density at radius 3 is 2.71 bits per heavy atom. The van der Waals surface area contributed by atoms with E-state index in [1.807, 2.05) is 0 Å². The molecule has 1 aromatic rings. The van der Waals surface area contributed by atoms with E-state index < -0.39 is 12.0 Å². The molecule has 0 bridgehead atoms. The normalized spacial score (nSPS) is 12.2. The van der Waals surface area contributed by atoms with Crippen LogP contribution in [0.5, 0.6) is 5.75 Å². The predicted octanol–water partition coefficient (Wildman–Crippen LogP) is -0.467. The summed E-state index contributed by atoms with van der Waals surface area (Å²) >= 11 is 0. The predicted molar refractivity (Wildman–Crippen MR) is 59.5 cm³/mol. The molecule has 5 N–H and O–H groups in total. The molecule has 0 aliphatic heterocycles. The smallest absolute Gasteiger partial charge is 0.342 e. The Kier molecular flexibility index (Phi) is 4.89. The van der Waals surface area contributed by atoms with Gasteiger partial charge in [0.2, 0.25) is 0 Å². The highest BCUT2D eigenvalue weighted by molar-refractivity contribution is 5.92. The second kappa shape index (κ2) is 6.19. The molecule has 0 saturated heterocycles. The number of phenolic OH excluding ortho intramolecular Hbond substituents is 1. The molecule has 17 heavy (non-hydrogen) atoms. The van der Waals surface area contributed by atoms with E-state index in [9.17, 15) is 9.90 Å². The molecule has 0 saturated carbocycles. The molecule has 0 aromatic heterocycles. The molecular formula is C11H15NO5. The molecule has 1 aromatic carbocycles. The second-order valence-electron chi connectivity index (χ2n) is 3.39. The van der Waals surface area contributed by atoms with Gasteiger partial charge >= 0.3 is 5.97 Å². The molecule has 0 aliphatic carbocycles. The van der Waals surface area contributed by atoms with E-state index in [-0.39, 0.29) is 36.7 Å². The number of aliphatic hydroxyl groups excluding tert-OH is 2. The number of rotatable bonds is 5. The van der Waals surface area contributed by atoms with Crippen LogP contribution in [0.15, 0.2) is 18.2 Å². The quantitative estimate of drug-likeness (QED) is 0.518. The van der Waals surface area contributed by atoms with E-state index in [2.05, 4.69) is 4.74 Å².